The molecule has 0 bridgehead atoms. The van der Waals surface area contributed by atoms with Crippen molar-refractivity contribution in [2.75, 3.05) is 13.7 Å². The Morgan fingerprint density at radius 1 is 1.56 bits per heavy atom. The van der Waals surface area contributed by atoms with Crippen molar-refractivity contribution in [2.24, 2.45) is 5.92 Å². The summed E-state index contributed by atoms with van der Waals surface area (Å²) in [4.78, 5) is 11.7. The van der Waals surface area contributed by atoms with Gasteiger partial charge in [0.15, 0.2) is 0 Å². The number of carbonyl (C=O) groups is 1. The molecule has 0 aromatic heterocycles. The van der Waals surface area contributed by atoms with Crippen molar-refractivity contribution in [3.8, 4) is 12.3 Å². The molecule has 0 aliphatic carbocycles. The number of terminal acetylenes is 1. The second-order valence-corrected chi connectivity index (χ2v) is 5.96. The summed E-state index contributed by atoms with van der Waals surface area (Å²) in [6, 6.07) is -0.922. The van der Waals surface area contributed by atoms with Gasteiger partial charge in [-0.2, -0.15) is 4.31 Å². The molecule has 0 aromatic carbocycles. The molecule has 0 amide bonds. The van der Waals surface area contributed by atoms with E-state index >= 15 is 0 Å². The van der Waals surface area contributed by atoms with Crippen molar-refractivity contribution < 1.29 is 17.9 Å². The van der Waals surface area contributed by atoms with E-state index in [1.807, 2.05) is 13.8 Å². The number of hydrogen-bond acceptors (Lipinski definition) is 4. The fraction of sp³-hybridized carbons (Fsp3) is 0.583. The van der Waals surface area contributed by atoms with Gasteiger partial charge >= 0.3 is 5.97 Å². The van der Waals surface area contributed by atoms with Crippen LogP contribution in [0.1, 0.15) is 20.3 Å². The third kappa shape index (κ3) is 4.51. The molecule has 0 rings (SSSR count). The van der Waals surface area contributed by atoms with Gasteiger partial charge in [-0.3, -0.25) is 4.79 Å². The summed E-state index contributed by atoms with van der Waals surface area (Å²) in [6.07, 6.45) is 5.48. The molecule has 0 saturated carbocycles. The lowest BCUT2D eigenvalue weighted by molar-refractivity contribution is -0.145. The summed E-state index contributed by atoms with van der Waals surface area (Å²) in [5.41, 5.74) is 0. The second-order valence-electron chi connectivity index (χ2n) is 4.13. The fourth-order valence-electron chi connectivity index (χ4n) is 1.48. The van der Waals surface area contributed by atoms with E-state index in [-0.39, 0.29) is 12.5 Å². The third-order valence-electron chi connectivity index (χ3n) is 2.30. The van der Waals surface area contributed by atoms with Gasteiger partial charge < -0.3 is 4.74 Å². The number of ether oxygens (including phenoxy) is 1. The van der Waals surface area contributed by atoms with Gasteiger partial charge in [-0.25, -0.2) is 8.42 Å². The van der Waals surface area contributed by atoms with E-state index in [1.54, 1.807) is 0 Å². The summed E-state index contributed by atoms with van der Waals surface area (Å²) in [5, 5.41) is 0.778. The predicted octanol–water partition coefficient (Wildman–Crippen LogP) is 0.983. The normalized spacial score (nSPS) is 13.1. The number of nitrogens with zero attached hydrogens (tertiary/aromatic N) is 1. The van der Waals surface area contributed by atoms with Crippen LogP contribution >= 0.6 is 0 Å². The average molecular weight is 273 g/mol. The van der Waals surface area contributed by atoms with Gasteiger partial charge in [-0.15, -0.1) is 6.42 Å². The highest BCUT2D eigenvalue weighted by atomic mass is 32.2. The van der Waals surface area contributed by atoms with Crippen LogP contribution < -0.4 is 0 Å². The zero-order chi connectivity index (χ0) is 14.3. The molecule has 0 aromatic rings. The molecule has 0 spiro atoms. The summed E-state index contributed by atoms with van der Waals surface area (Å²) in [6.45, 7) is 6.80. The number of rotatable bonds is 7. The molecule has 0 saturated heterocycles. The Hall–Kier alpha value is -1.32. The minimum Gasteiger partial charge on any atom is -0.468 e. The lowest BCUT2D eigenvalue weighted by atomic mass is 10.0. The van der Waals surface area contributed by atoms with Crippen LogP contribution in [-0.4, -0.2) is 38.4 Å². The van der Waals surface area contributed by atoms with Crippen molar-refractivity contribution in [1.82, 2.24) is 4.31 Å². The molecule has 0 aliphatic heterocycles. The van der Waals surface area contributed by atoms with E-state index in [1.165, 1.54) is 7.11 Å². The van der Waals surface area contributed by atoms with Crippen LogP contribution in [0.25, 0.3) is 0 Å². The first-order valence-electron chi connectivity index (χ1n) is 5.45. The number of carbonyl (C=O) groups excluding carboxylic acids is 1. The minimum absolute atomic E-state index is 0.120. The van der Waals surface area contributed by atoms with E-state index in [2.05, 4.69) is 17.2 Å². The van der Waals surface area contributed by atoms with E-state index < -0.39 is 22.0 Å². The molecule has 0 radical (unpaired) electrons. The quantitative estimate of drug-likeness (QED) is 0.512. The molecule has 0 heterocycles. The maximum absolute atomic E-state index is 11.8. The van der Waals surface area contributed by atoms with Crippen molar-refractivity contribution in [3.05, 3.63) is 12.0 Å². The fourth-order valence-corrected chi connectivity index (χ4v) is 2.45. The van der Waals surface area contributed by atoms with E-state index in [4.69, 9.17) is 6.42 Å². The largest absolute Gasteiger partial charge is 0.468 e. The Morgan fingerprint density at radius 2 is 2.11 bits per heavy atom. The SMILES string of the molecule is C#CCN([C@@H](CC(C)C)C(=O)OC)S(=O)(=O)C=C. The molecule has 6 heteroatoms. The lowest BCUT2D eigenvalue weighted by Gasteiger charge is -2.27. The standard InChI is InChI=1S/C12H19NO4S/c1-6-8-13(18(15,16)7-2)11(9-10(3)4)12(14)17-5/h1,7,10-11H,2,8-9H2,3-5H3/t11-/m0/s1. The zero-order valence-corrected chi connectivity index (χ0v) is 11.7. The van der Waals surface area contributed by atoms with Crippen LogP contribution in [-0.2, 0) is 19.6 Å². The molecule has 5 nitrogen and oxygen atoms in total. The predicted molar refractivity (Wildman–Crippen MR) is 69.9 cm³/mol. The van der Waals surface area contributed by atoms with Crippen LogP contribution in [0.4, 0.5) is 0 Å². The van der Waals surface area contributed by atoms with Gasteiger partial charge in [-0.1, -0.05) is 26.3 Å². The zero-order valence-electron chi connectivity index (χ0n) is 10.9. The Morgan fingerprint density at radius 3 is 2.44 bits per heavy atom. The number of methoxy groups -OCH3 is 1. The molecule has 0 N–H and O–H groups in total. The van der Waals surface area contributed by atoms with Crippen molar-refractivity contribution in [3.63, 3.8) is 0 Å². The molecule has 102 valence electrons. The van der Waals surface area contributed by atoms with Crippen LogP contribution in [0.2, 0.25) is 0 Å². The first-order chi connectivity index (χ1) is 8.30. The van der Waals surface area contributed by atoms with Crippen molar-refractivity contribution in [2.45, 2.75) is 26.3 Å². The Bertz CT molecular complexity index is 433. The summed E-state index contributed by atoms with van der Waals surface area (Å²) >= 11 is 0. The molecular formula is C12H19NO4S. The summed E-state index contributed by atoms with van der Waals surface area (Å²) in [7, 11) is -2.56. The van der Waals surface area contributed by atoms with Gasteiger partial charge in [0, 0.05) is 5.41 Å². The van der Waals surface area contributed by atoms with Gasteiger partial charge in [0.05, 0.1) is 13.7 Å². The smallest absolute Gasteiger partial charge is 0.324 e. The van der Waals surface area contributed by atoms with Gasteiger partial charge in [0.1, 0.15) is 6.04 Å². The maximum Gasteiger partial charge on any atom is 0.324 e. The van der Waals surface area contributed by atoms with Crippen molar-refractivity contribution >= 4 is 16.0 Å². The molecule has 0 fully saturated rings. The first-order valence-corrected chi connectivity index (χ1v) is 6.96. The summed E-state index contributed by atoms with van der Waals surface area (Å²) < 4.78 is 29.2. The van der Waals surface area contributed by atoms with E-state index in [0.717, 1.165) is 9.71 Å². The first kappa shape index (κ1) is 16.7. The Balaban J connectivity index is 5.43. The van der Waals surface area contributed by atoms with Crippen LogP contribution in [0.3, 0.4) is 0 Å². The lowest BCUT2D eigenvalue weighted by Crippen LogP contribution is -2.45. The Kier molecular flexibility index (Phi) is 6.66. The van der Waals surface area contributed by atoms with Gasteiger partial charge in [-0.05, 0) is 12.3 Å². The van der Waals surface area contributed by atoms with E-state index in [0.29, 0.717) is 6.42 Å². The van der Waals surface area contributed by atoms with Crippen LogP contribution in [0.15, 0.2) is 12.0 Å². The molecule has 1 atom stereocenters. The van der Waals surface area contributed by atoms with Gasteiger partial charge in [0.25, 0.3) is 0 Å². The highest BCUT2D eigenvalue weighted by Crippen LogP contribution is 2.17. The monoisotopic (exact) mass is 273 g/mol. The number of esters is 1. The topological polar surface area (TPSA) is 63.7 Å². The molecule has 0 unspecified atom stereocenters. The maximum atomic E-state index is 11.8. The minimum atomic E-state index is -3.77. The molecular weight excluding hydrogens is 254 g/mol. The average Bonchev–Trinajstić information content (AvgIpc) is 2.32. The number of sulfonamides is 1. The van der Waals surface area contributed by atoms with E-state index in [9.17, 15) is 13.2 Å². The highest BCUT2D eigenvalue weighted by molar-refractivity contribution is 7.92. The second kappa shape index (κ2) is 7.19. The Labute approximate surface area is 109 Å². The van der Waals surface area contributed by atoms with Gasteiger partial charge in [0.2, 0.25) is 10.0 Å². The third-order valence-corrected chi connectivity index (χ3v) is 3.76. The van der Waals surface area contributed by atoms with Crippen molar-refractivity contribution in [1.29, 1.82) is 0 Å². The number of hydrogen-bond donors (Lipinski definition) is 0. The highest BCUT2D eigenvalue weighted by Gasteiger charge is 2.33. The van der Waals surface area contributed by atoms with Crippen LogP contribution in [0, 0.1) is 18.3 Å². The molecule has 0 aliphatic rings. The molecule has 18 heavy (non-hydrogen) atoms. The van der Waals surface area contributed by atoms with Crippen LogP contribution in [0.5, 0.6) is 0 Å². The summed E-state index contributed by atoms with van der Waals surface area (Å²) in [5.74, 6) is 1.73.